The maximum absolute atomic E-state index is 12.3. The fourth-order valence-electron chi connectivity index (χ4n) is 3.29. The molecule has 1 aliphatic rings. The minimum Gasteiger partial charge on any atom is -0.352 e. The summed E-state index contributed by atoms with van der Waals surface area (Å²) >= 11 is 0. The molecule has 1 amide bonds. The monoisotopic (exact) mass is 414 g/mol. The molecule has 8 heteroatoms. The average Bonchev–Trinajstić information content (AvgIpc) is 3.06. The molecule has 1 unspecified atom stereocenters. The second kappa shape index (κ2) is 9.09. The minimum atomic E-state index is -3.04. The van der Waals surface area contributed by atoms with Crippen LogP contribution in [0.2, 0.25) is 0 Å². The largest absolute Gasteiger partial charge is 0.352 e. The molecule has 3 rings (SSSR count). The van der Waals surface area contributed by atoms with Crippen molar-refractivity contribution in [1.82, 2.24) is 10.6 Å². The van der Waals surface area contributed by atoms with Gasteiger partial charge in [-0.3, -0.25) is 9.79 Å². The van der Waals surface area contributed by atoms with Crippen LogP contribution in [0.1, 0.15) is 17.5 Å². The third kappa shape index (κ3) is 6.05. The van der Waals surface area contributed by atoms with Gasteiger partial charge in [0, 0.05) is 38.5 Å². The van der Waals surface area contributed by atoms with Gasteiger partial charge in [0.25, 0.3) is 0 Å². The number of rotatable bonds is 6. The van der Waals surface area contributed by atoms with Crippen LogP contribution >= 0.6 is 0 Å². The number of hydrogen-bond donors (Lipinski definition) is 2. The SMILES string of the molecule is CN=C(NCc1ccc(CS(C)(=O)=O)cc1)NC1CC(=O)N(c2ccccc2)C1. The Bertz CT molecular complexity index is 973. The van der Waals surface area contributed by atoms with Crippen molar-refractivity contribution < 1.29 is 13.2 Å². The quantitative estimate of drug-likeness (QED) is 0.555. The highest BCUT2D eigenvalue weighted by Crippen LogP contribution is 2.20. The van der Waals surface area contributed by atoms with Gasteiger partial charge in [0.15, 0.2) is 15.8 Å². The average molecular weight is 415 g/mol. The summed E-state index contributed by atoms with van der Waals surface area (Å²) in [6.07, 6.45) is 1.64. The van der Waals surface area contributed by atoms with Crippen LogP contribution < -0.4 is 15.5 Å². The first-order valence-corrected chi connectivity index (χ1v) is 11.5. The standard InChI is InChI=1S/C21H26N4O3S/c1-22-21(23-13-16-8-10-17(11-9-16)15-29(2,27)28)24-18-12-20(26)25(14-18)19-6-4-3-5-7-19/h3-11,18H,12-15H2,1-2H3,(H2,22,23,24). The first kappa shape index (κ1) is 20.9. The zero-order valence-corrected chi connectivity index (χ0v) is 17.4. The van der Waals surface area contributed by atoms with Gasteiger partial charge in [-0.1, -0.05) is 42.5 Å². The molecule has 1 heterocycles. The number of nitrogens with one attached hydrogen (secondary N) is 2. The highest BCUT2D eigenvalue weighted by atomic mass is 32.2. The number of hydrogen-bond acceptors (Lipinski definition) is 4. The van der Waals surface area contributed by atoms with Gasteiger partial charge in [-0.15, -0.1) is 0 Å². The van der Waals surface area contributed by atoms with E-state index in [9.17, 15) is 13.2 Å². The Morgan fingerprint density at radius 3 is 2.38 bits per heavy atom. The van der Waals surface area contributed by atoms with Gasteiger partial charge in [-0.25, -0.2) is 8.42 Å². The normalized spacial score (nSPS) is 17.4. The molecule has 7 nitrogen and oxygen atoms in total. The maximum atomic E-state index is 12.3. The van der Waals surface area contributed by atoms with Crippen molar-refractivity contribution in [3.8, 4) is 0 Å². The number of carbonyl (C=O) groups is 1. The van der Waals surface area contributed by atoms with Gasteiger partial charge in [0.2, 0.25) is 5.91 Å². The molecule has 1 aliphatic heterocycles. The molecule has 0 bridgehead atoms. The second-order valence-corrected chi connectivity index (χ2v) is 9.34. The number of amides is 1. The number of para-hydroxylation sites is 1. The van der Waals surface area contributed by atoms with E-state index in [4.69, 9.17) is 0 Å². The van der Waals surface area contributed by atoms with E-state index < -0.39 is 9.84 Å². The van der Waals surface area contributed by atoms with Crippen LogP contribution in [0.15, 0.2) is 59.6 Å². The Morgan fingerprint density at radius 1 is 1.10 bits per heavy atom. The molecule has 1 fully saturated rings. The highest BCUT2D eigenvalue weighted by Gasteiger charge is 2.30. The summed E-state index contributed by atoms with van der Waals surface area (Å²) in [7, 11) is -1.35. The molecular weight excluding hydrogens is 388 g/mol. The third-order valence-electron chi connectivity index (χ3n) is 4.67. The lowest BCUT2D eigenvalue weighted by Crippen LogP contribution is -2.44. The fraction of sp³-hybridized carbons (Fsp3) is 0.333. The zero-order valence-electron chi connectivity index (χ0n) is 16.6. The summed E-state index contributed by atoms with van der Waals surface area (Å²) in [6.45, 7) is 1.13. The van der Waals surface area contributed by atoms with E-state index in [0.717, 1.165) is 16.8 Å². The van der Waals surface area contributed by atoms with E-state index in [2.05, 4.69) is 15.6 Å². The Hall–Kier alpha value is -2.87. The number of anilines is 1. The van der Waals surface area contributed by atoms with Crippen molar-refractivity contribution in [3.05, 3.63) is 65.7 Å². The second-order valence-electron chi connectivity index (χ2n) is 7.20. The van der Waals surface area contributed by atoms with E-state index >= 15 is 0 Å². The smallest absolute Gasteiger partial charge is 0.229 e. The van der Waals surface area contributed by atoms with Gasteiger partial charge < -0.3 is 15.5 Å². The van der Waals surface area contributed by atoms with Gasteiger partial charge in [0.1, 0.15) is 0 Å². The van der Waals surface area contributed by atoms with E-state index in [1.807, 2.05) is 54.6 Å². The van der Waals surface area contributed by atoms with Crippen molar-refractivity contribution in [1.29, 1.82) is 0 Å². The van der Waals surface area contributed by atoms with Crippen LogP contribution in [0.3, 0.4) is 0 Å². The van der Waals surface area contributed by atoms with E-state index in [-0.39, 0.29) is 17.7 Å². The topological polar surface area (TPSA) is 90.9 Å². The number of nitrogens with zero attached hydrogens (tertiary/aromatic N) is 2. The van der Waals surface area contributed by atoms with E-state index in [1.165, 1.54) is 6.26 Å². The molecule has 0 spiro atoms. The molecule has 0 radical (unpaired) electrons. The lowest BCUT2D eigenvalue weighted by Gasteiger charge is -2.19. The molecule has 29 heavy (non-hydrogen) atoms. The summed E-state index contributed by atoms with van der Waals surface area (Å²) in [4.78, 5) is 18.4. The molecular formula is C21H26N4O3S. The lowest BCUT2D eigenvalue weighted by molar-refractivity contribution is -0.117. The molecule has 154 valence electrons. The van der Waals surface area contributed by atoms with Crippen LogP contribution in [0, 0.1) is 0 Å². The van der Waals surface area contributed by atoms with Crippen molar-refractivity contribution in [2.24, 2.45) is 4.99 Å². The van der Waals surface area contributed by atoms with Crippen LogP contribution in [0.5, 0.6) is 0 Å². The van der Waals surface area contributed by atoms with Gasteiger partial charge >= 0.3 is 0 Å². The highest BCUT2D eigenvalue weighted by molar-refractivity contribution is 7.89. The van der Waals surface area contributed by atoms with Crippen LogP contribution in [-0.2, 0) is 26.9 Å². The summed E-state index contributed by atoms with van der Waals surface area (Å²) < 4.78 is 22.8. The van der Waals surface area contributed by atoms with E-state index in [1.54, 1.807) is 11.9 Å². The van der Waals surface area contributed by atoms with Crippen LogP contribution in [-0.4, -0.2) is 46.2 Å². The van der Waals surface area contributed by atoms with Crippen molar-refractivity contribution >= 4 is 27.4 Å². The van der Waals surface area contributed by atoms with Gasteiger partial charge in [0.05, 0.1) is 11.8 Å². The number of sulfone groups is 1. The Balaban J connectivity index is 1.53. The molecule has 1 saturated heterocycles. The lowest BCUT2D eigenvalue weighted by atomic mass is 10.1. The number of guanidine groups is 1. The summed E-state index contributed by atoms with van der Waals surface area (Å²) in [6, 6.07) is 17.1. The van der Waals surface area contributed by atoms with Gasteiger partial charge in [-0.05, 0) is 23.3 Å². The molecule has 2 aromatic rings. The fourth-order valence-corrected chi connectivity index (χ4v) is 4.09. The van der Waals surface area contributed by atoms with E-state index in [0.29, 0.717) is 25.5 Å². The summed E-state index contributed by atoms with van der Waals surface area (Å²) in [5.74, 6) is 0.751. The maximum Gasteiger partial charge on any atom is 0.229 e. The molecule has 1 atom stereocenters. The molecule has 2 aromatic carbocycles. The van der Waals surface area contributed by atoms with Crippen molar-refractivity contribution in [2.45, 2.75) is 24.8 Å². The number of carbonyl (C=O) groups excluding carboxylic acids is 1. The predicted octanol–water partition coefficient (Wildman–Crippen LogP) is 1.70. The Labute approximate surface area is 171 Å². The first-order valence-electron chi connectivity index (χ1n) is 9.42. The predicted molar refractivity (Wildman–Crippen MR) is 116 cm³/mol. The van der Waals surface area contributed by atoms with Crippen LogP contribution in [0.4, 0.5) is 5.69 Å². The molecule has 0 saturated carbocycles. The van der Waals surface area contributed by atoms with Crippen molar-refractivity contribution in [3.63, 3.8) is 0 Å². The molecule has 2 N–H and O–H groups in total. The molecule has 0 aromatic heterocycles. The number of benzene rings is 2. The third-order valence-corrected chi connectivity index (χ3v) is 5.53. The van der Waals surface area contributed by atoms with Crippen molar-refractivity contribution in [2.75, 3.05) is 24.7 Å². The molecule has 0 aliphatic carbocycles. The Kier molecular flexibility index (Phi) is 6.53. The number of aliphatic imine (C=N–C) groups is 1. The summed E-state index contributed by atoms with van der Waals surface area (Å²) in [5, 5.41) is 6.55. The first-order chi connectivity index (χ1) is 13.8. The summed E-state index contributed by atoms with van der Waals surface area (Å²) in [5.41, 5.74) is 2.68. The van der Waals surface area contributed by atoms with Crippen LogP contribution in [0.25, 0.3) is 0 Å². The minimum absolute atomic E-state index is 0.0222. The zero-order chi connectivity index (χ0) is 20.9. The Morgan fingerprint density at radius 2 is 1.76 bits per heavy atom. The van der Waals surface area contributed by atoms with Gasteiger partial charge in [-0.2, -0.15) is 0 Å².